The number of carboxylic acids is 1. The van der Waals surface area contributed by atoms with Crippen LogP contribution in [0.1, 0.15) is 84.0 Å². The number of carbonyl (C=O) groups is 1. The van der Waals surface area contributed by atoms with Crippen LogP contribution in [0.3, 0.4) is 0 Å². The molecule has 0 aromatic heterocycles. The van der Waals surface area contributed by atoms with Gasteiger partial charge in [0.2, 0.25) is 0 Å². The van der Waals surface area contributed by atoms with Crippen molar-refractivity contribution < 1.29 is 20.1 Å². The molecular weight excluding hydrogens is 328 g/mol. The van der Waals surface area contributed by atoms with Crippen LogP contribution >= 0.6 is 0 Å². The molecule has 0 aromatic carbocycles. The highest BCUT2D eigenvalue weighted by Gasteiger charge is 2.32. The van der Waals surface area contributed by atoms with Gasteiger partial charge in [0.05, 0.1) is 12.2 Å². The van der Waals surface area contributed by atoms with Gasteiger partial charge >= 0.3 is 5.97 Å². The van der Waals surface area contributed by atoms with Crippen molar-refractivity contribution in [3.05, 3.63) is 24.3 Å². The van der Waals surface area contributed by atoms with Crippen LogP contribution in [-0.4, -0.2) is 33.5 Å². The van der Waals surface area contributed by atoms with E-state index in [1.54, 1.807) is 0 Å². The molecule has 1 rings (SSSR count). The fourth-order valence-electron chi connectivity index (χ4n) is 3.78. The van der Waals surface area contributed by atoms with Gasteiger partial charge in [0.15, 0.2) is 0 Å². The van der Waals surface area contributed by atoms with E-state index in [0.717, 1.165) is 38.5 Å². The number of hydrogen-bond donors (Lipinski definition) is 3. The van der Waals surface area contributed by atoms with Crippen molar-refractivity contribution in [2.45, 2.75) is 96.2 Å². The molecule has 1 unspecified atom stereocenters. The second kappa shape index (κ2) is 14.0. The molecule has 0 spiro atoms. The minimum absolute atomic E-state index is 0.171. The highest BCUT2D eigenvalue weighted by atomic mass is 16.4. The molecule has 0 saturated heterocycles. The smallest absolute Gasteiger partial charge is 0.303 e. The minimum Gasteiger partial charge on any atom is -0.481 e. The molecule has 0 heterocycles. The van der Waals surface area contributed by atoms with Crippen molar-refractivity contribution in [1.82, 2.24) is 0 Å². The first kappa shape index (κ1) is 22.9. The van der Waals surface area contributed by atoms with Gasteiger partial charge in [0, 0.05) is 6.42 Å². The van der Waals surface area contributed by atoms with Gasteiger partial charge in [0.1, 0.15) is 0 Å². The van der Waals surface area contributed by atoms with E-state index in [4.69, 9.17) is 5.11 Å². The maximum Gasteiger partial charge on any atom is 0.303 e. The summed E-state index contributed by atoms with van der Waals surface area (Å²) < 4.78 is 0. The molecule has 3 N–H and O–H groups in total. The number of hydrogen-bond acceptors (Lipinski definition) is 3. The topological polar surface area (TPSA) is 77.8 Å². The third-order valence-corrected chi connectivity index (χ3v) is 5.38. The molecule has 1 aliphatic rings. The molecule has 1 saturated carbocycles. The zero-order valence-corrected chi connectivity index (χ0v) is 16.4. The van der Waals surface area contributed by atoms with Gasteiger partial charge in [-0.3, -0.25) is 4.79 Å². The molecule has 26 heavy (non-hydrogen) atoms. The summed E-state index contributed by atoms with van der Waals surface area (Å²) in [5, 5.41) is 29.0. The molecule has 4 atom stereocenters. The van der Waals surface area contributed by atoms with Crippen LogP contribution < -0.4 is 0 Å². The highest BCUT2D eigenvalue weighted by Crippen LogP contribution is 2.36. The third-order valence-electron chi connectivity index (χ3n) is 5.38. The maximum atomic E-state index is 10.5. The maximum absolute atomic E-state index is 10.5. The van der Waals surface area contributed by atoms with E-state index in [2.05, 4.69) is 13.0 Å². The van der Waals surface area contributed by atoms with E-state index in [0.29, 0.717) is 12.3 Å². The molecule has 1 fully saturated rings. The predicted octanol–water partition coefficient (Wildman–Crippen LogP) is 4.85. The zero-order valence-electron chi connectivity index (χ0n) is 16.4. The minimum atomic E-state index is -0.769. The summed E-state index contributed by atoms with van der Waals surface area (Å²) in [7, 11) is 0. The molecule has 1 aliphatic carbocycles. The number of carboxylic acid groups (broad SMARTS) is 1. The number of aliphatic carboxylic acids is 1. The Morgan fingerprint density at radius 2 is 1.85 bits per heavy atom. The van der Waals surface area contributed by atoms with Crippen molar-refractivity contribution >= 4 is 5.97 Å². The van der Waals surface area contributed by atoms with Crippen LogP contribution in [0.2, 0.25) is 0 Å². The van der Waals surface area contributed by atoms with Crippen LogP contribution in [-0.2, 0) is 4.79 Å². The van der Waals surface area contributed by atoms with E-state index >= 15 is 0 Å². The molecule has 0 radical (unpaired) electrons. The number of rotatable bonds is 14. The Morgan fingerprint density at radius 1 is 1.12 bits per heavy atom. The lowest BCUT2D eigenvalue weighted by molar-refractivity contribution is -0.136. The summed E-state index contributed by atoms with van der Waals surface area (Å²) in [5.74, 6) is -0.186. The lowest BCUT2D eigenvalue weighted by atomic mass is 9.89. The van der Waals surface area contributed by atoms with Gasteiger partial charge in [-0.15, -0.1) is 0 Å². The fourth-order valence-corrected chi connectivity index (χ4v) is 3.78. The first-order chi connectivity index (χ1) is 12.5. The second-order valence-electron chi connectivity index (χ2n) is 7.61. The molecule has 0 amide bonds. The molecular formula is C22H38O4. The summed E-state index contributed by atoms with van der Waals surface area (Å²) in [6.45, 7) is 2.20. The molecule has 4 heteroatoms. The van der Waals surface area contributed by atoms with Gasteiger partial charge in [-0.1, -0.05) is 63.3 Å². The Labute approximate surface area is 159 Å². The van der Waals surface area contributed by atoms with E-state index in [1.807, 2.05) is 18.2 Å². The van der Waals surface area contributed by atoms with Gasteiger partial charge < -0.3 is 15.3 Å². The molecule has 0 aliphatic heterocycles. The lowest BCUT2D eigenvalue weighted by Gasteiger charge is -2.19. The summed E-state index contributed by atoms with van der Waals surface area (Å²) in [6, 6.07) is 0. The van der Waals surface area contributed by atoms with Crippen LogP contribution in [0.4, 0.5) is 0 Å². The highest BCUT2D eigenvalue weighted by molar-refractivity contribution is 5.66. The zero-order chi connectivity index (χ0) is 19.2. The number of allylic oxidation sites excluding steroid dienone is 3. The first-order valence-electron chi connectivity index (χ1n) is 10.5. The average molecular weight is 367 g/mol. The SMILES string of the molecule is CCCCCCCC(O)C=C[C@@H]1CC[C@@H](O)[C@@H]1CCC=CCCC(=O)O. The molecule has 0 aromatic rings. The van der Waals surface area contributed by atoms with Gasteiger partial charge in [-0.25, -0.2) is 0 Å². The molecule has 150 valence electrons. The van der Waals surface area contributed by atoms with Gasteiger partial charge in [-0.2, -0.15) is 0 Å². The van der Waals surface area contributed by atoms with Crippen LogP contribution in [0.25, 0.3) is 0 Å². The predicted molar refractivity (Wildman–Crippen MR) is 106 cm³/mol. The van der Waals surface area contributed by atoms with Crippen molar-refractivity contribution in [2.75, 3.05) is 0 Å². The summed E-state index contributed by atoms with van der Waals surface area (Å²) in [4.78, 5) is 10.5. The molecule has 0 bridgehead atoms. The number of aliphatic hydroxyl groups excluding tert-OH is 2. The van der Waals surface area contributed by atoms with E-state index in [-0.39, 0.29) is 24.5 Å². The standard InChI is InChI=1S/C22H38O4/c1-2-3-4-5-8-11-19(23)16-14-18-15-17-21(24)20(18)12-9-6-7-10-13-22(25)26/h6-7,14,16,18-21,23-24H,2-5,8-13,15,17H2,1H3,(H,25,26)/t18-,19?,20-,21-/m1/s1. The number of aliphatic hydroxyl groups is 2. The van der Waals surface area contributed by atoms with Crippen molar-refractivity contribution in [1.29, 1.82) is 0 Å². The van der Waals surface area contributed by atoms with Gasteiger partial charge in [-0.05, 0) is 50.4 Å². The van der Waals surface area contributed by atoms with E-state index < -0.39 is 5.97 Å². The van der Waals surface area contributed by atoms with Crippen LogP contribution in [0, 0.1) is 11.8 Å². The first-order valence-corrected chi connectivity index (χ1v) is 10.5. The Hall–Kier alpha value is -1.13. The normalized spacial score (nSPS) is 24.7. The van der Waals surface area contributed by atoms with Crippen molar-refractivity contribution in [3.8, 4) is 0 Å². The number of unbranched alkanes of at least 4 members (excludes halogenated alkanes) is 4. The Morgan fingerprint density at radius 3 is 2.58 bits per heavy atom. The summed E-state index contributed by atoms with van der Waals surface area (Å²) in [5.41, 5.74) is 0. The second-order valence-corrected chi connectivity index (χ2v) is 7.61. The largest absolute Gasteiger partial charge is 0.481 e. The van der Waals surface area contributed by atoms with Crippen molar-refractivity contribution in [3.63, 3.8) is 0 Å². The Bertz CT molecular complexity index is 430. The van der Waals surface area contributed by atoms with E-state index in [1.165, 1.54) is 25.7 Å². The van der Waals surface area contributed by atoms with Gasteiger partial charge in [0.25, 0.3) is 0 Å². The van der Waals surface area contributed by atoms with E-state index in [9.17, 15) is 15.0 Å². The third kappa shape index (κ3) is 10.1. The van der Waals surface area contributed by atoms with Crippen LogP contribution in [0.15, 0.2) is 24.3 Å². The average Bonchev–Trinajstić information content (AvgIpc) is 2.95. The van der Waals surface area contributed by atoms with Crippen LogP contribution in [0.5, 0.6) is 0 Å². The Kier molecular flexibility index (Phi) is 12.3. The molecule has 4 nitrogen and oxygen atoms in total. The summed E-state index contributed by atoms with van der Waals surface area (Å²) in [6.07, 6.45) is 18.5. The monoisotopic (exact) mass is 366 g/mol. The fraction of sp³-hybridized carbons (Fsp3) is 0.773. The summed E-state index contributed by atoms with van der Waals surface area (Å²) >= 11 is 0. The lowest BCUT2D eigenvalue weighted by Crippen LogP contribution is -2.18. The quantitative estimate of drug-likeness (QED) is 0.303. The Balaban J connectivity index is 2.29. The van der Waals surface area contributed by atoms with Crippen molar-refractivity contribution in [2.24, 2.45) is 11.8 Å².